The number of carbonyl (C=O) groups is 1. The Balaban J connectivity index is 1.99. The lowest BCUT2D eigenvalue weighted by Gasteiger charge is -2.13. The van der Waals surface area contributed by atoms with Crippen molar-refractivity contribution in [3.63, 3.8) is 0 Å². The number of benzene rings is 2. The van der Waals surface area contributed by atoms with Gasteiger partial charge in [0.15, 0.2) is 0 Å². The first-order chi connectivity index (χ1) is 9.95. The predicted octanol–water partition coefficient (Wildman–Crippen LogP) is 4.02. The number of carbonyl (C=O) groups excluding carboxylic acids is 1. The Morgan fingerprint density at radius 2 is 1.86 bits per heavy atom. The summed E-state index contributed by atoms with van der Waals surface area (Å²) < 4.78 is 0. The SMILES string of the molecule is Cc1ccc(NC(=O)CC(O)c2ccc(Cl)cc2)c(C)c1. The molecule has 0 bridgehead atoms. The van der Waals surface area contributed by atoms with Crippen molar-refractivity contribution in [2.24, 2.45) is 0 Å². The molecule has 0 aromatic heterocycles. The van der Waals surface area contributed by atoms with E-state index in [1.54, 1.807) is 24.3 Å². The number of amides is 1. The number of hydrogen-bond acceptors (Lipinski definition) is 2. The highest BCUT2D eigenvalue weighted by atomic mass is 35.5. The topological polar surface area (TPSA) is 49.3 Å². The van der Waals surface area contributed by atoms with E-state index in [2.05, 4.69) is 5.32 Å². The average molecular weight is 304 g/mol. The lowest BCUT2D eigenvalue weighted by Crippen LogP contribution is -2.16. The van der Waals surface area contributed by atoms with Crippen LogP contribution in [0.25, 0.3) is 0 Å². The van der Waals surface area contributed by atoms with Crippen LogP contribution in [-0.4, -0.2) is 11.0 Å². The number of anilines is 1. The molecule has 0 aliphatic carbocycles. The van der Waals surface area contributed by atoms with E-state index in [1.165, 1.54) is 0 Å². The van der Waals surface area contributed by atoms with Gasteiger partial charge in [-0.25, -0.2) is 0 Å². The lowest BCUT2D eigenvalue weighted by atomic mass is 10.1. The van der Waals surface area contributed by atoms with Crippen molar-refractivity contribution in [2.45, 2.75) is 26.4 Å². The second-order valence-corrected chi connectivity index (χ2v) is 5.57. The normalized spacial score (nSPS) is 12.0. The van der Waals surface area contributed by atoms with E-state index in [0.29, 0.717) is 10.6 Å². The van der Waals surface area contributed by atoms with Crippen LogP contribution in [0.3, 0.4) is 0 Å². The Kier molecular flexibility index (Phi) is 4.99. The van der Waals surface area contributed by atoms with Crippen LogP contribution < -0.4 is 5.32 Å². The van der Waals surface area contributed by atoms with Crippen LogP contribution in [0, 0.1) is 13.8 Å². The largest absolute Gasteiger partial charge is 0.388 e. The lowest BCUT2D eigenvalue weighted by molar-refractivity contribution is -0.118. The van der Waals surface area contributed by atoms with Crippen LogP contribution in [0.1, 0.15) is 29.2 Å². The zero-order chi connectivity index (χ0) is 15.4. The molecule has 2 N–H and O–H groups in total. The average Bonchev–Trinajstić information content (AvgIpc) is 2.42. The molecule has 0 heterocycles. The number of halogens is 1. The van der Waals surface area contributed by atoms with Crippen molar-refractivity contribution in [1.29, 1.82) is 0 Å². The van der Waals surface area contributed by atoms with Crippen LogP contribution in [0.4, 0.5) is 5.69 Å². The van der Waals surface area contributed by atoms with Gasteiger partial charge in [-0.1, -0.05) is 41.4 Å². The van der Waals surface area contributed by atoms with Crippen molar-refractivity contribution < 1.29 is 9.90 Å². The second-order valence-electron chi connectivity index (χ2n) is 5.14. The number of aliphatic hydroxyl groups is 1. The quantitative estimate of drug-likeness (QED) is 0.896. The van der Waals surface area contributed by atoms with Crippen LogP contribution in [0.15, 0.2) is 42.5 Å². The zero-order valence-electron chi connectivity index (χ0n) is 12.1. The third kappa shape index (κ3) is 4.31. The van der Waals surface area contributed by atoms with Crippen LogP contribution >= 0.6 is 11.6 Å². The van der Waals surface area contributed by atoms with Crippen molar-refractivity contribution >= 4 is 23.2 Å². The van der Waals surface area contributed by atoms with Crippen molar-refractivity contribution in [3.8, 4) is 0 Å². The first kappa shape index (κ1) is 15.5. The molecule has 110 valence electrons. The third-order valence-corrected chi connectivity index (χ3v) is 3.54. The van der Waals surface area contributed by atoms with E-state index in [4.69, 9.17) is 11.6 Å². The summed E-state index contributed by atoms with van der Waals surface area (Å²) in [5.74, 6) is -0.218. The molecule has 0 saturated carbocycles. The summed E-state index contributed by atoms with van der Waals surface area (Å²) in [6.07, 6.45) is -0.831. The van der Waals surface area contributed by atoms with Crippen LogP contribution in [0.2, 0.25) is 5.02 Å². The van der Waals surface area contributed by atoms with Gasteiger partial charge in [0.1, 0.15) is 0 Å². The van der Waals surface area contributed by atoms with Crippen molar-refractivity contribution in [2.75, 3.05) is 5.32 Å². The molecule has 0 radical (unpaired) electrons. The van der Waals surface area contributed by atoms with Crippen LogP contribution in [-0.2, 0) is 4.79 Å². The minimum absolute atomic E-state index is 0.00888. The fraction of sp³-hybridized carbons (Fsp3) is 0.235. The number of aliphatic hydroxyl groups excluding tert-OH is 1. The summed E-state index contributed by atoms with van der Waals surface area (Å²) in [6.45, 7) is 3.95. The summed E-state index contributed by atoms with van der Waals surface area (Å²) in [4.78, 5) is 12.0. The van der Waals surface area contributed by atoms with Gasteiger partial charge in [0.2, 0.25) is 5.91 Å². The Hall–Kier alpha value is -1.84. The molecule has 21 heavy (non-hydrogen) atoms. The second kappa shape index (κ2) is 6.74. The van der Waals surface area contributed by atoms with E-state index < -0.39 is 6.10 Å². The first-order valence-corrected chi connectivity index (χ1v) is 7.14. The van der Waals surface area contributed by atoms with Gasteiger partial charge in [-0.15, -0.1) is 0 Å². The maximum atomic E-state index is 12.0. The molecule has 2 aromatic rings. The molecule has 0 aliphatic rings. The van der Waals surface area contributed by atoms with E-state index in [1.807, 2.05) is 32.0 Å². The Morgan fingerprint density at radius 1 is 1.19 bits per heavy atom. The fourth-order valence-corrected chi connectivity index (χ4v) is 2.26. The van der Waals surface area contributed by atoms with E-state index in [0.717, 1.165) is 16.8 Å². The molecule has 1 atom stereocenters. The molecule has 0 spiro atoms. The smallest absolute Gasteiger partial charge is 0.227 e. The number of nitrogens with one attached hydrogen (secondary N) is 1. The first-order valence-electron chi connectivity index (χ1n) is 6.76. The molecule has 4 heteroatoms. The van der Waals surface area contributed by atoms with Gasteiger partial charge >= 0.3 is 0 Å². The molecule has 1 unspecified atom stereocenters. The zero-order valence-corrected chi connectivity index (χ0v) is 12.8. The van der Waals surface area contributed by atoms with Gasteiger partial charge in [-0.3, -0.25) is 4.79 Å². The Labute approximate surface area is 129 Å². The number of rotatable bonds is 4. The molecule has 2 rings (SSSR count). The fourth-order valence-electron chi connectivity index (χ4n) is 2.13. The molecule has 0 aliphatic heterocycles. The summed E-state index contributed by atoms with van der Waals surface area (Å²) in [5, 5.41) is 13.5. The van der Waals surface area contributed by atoms with Gasteiger partial charge in [-0.2, -0.15) is 0 Å². The van der Waals surface area contributed by atoms with E-state index in [9.17, 15) is 9.90 Å². The highest BCUT2D eigenvalue weighted by molar-refractivity contribution is 6.30. The van der Waals surface area contributed by atoms with Gasteiger partial charge in [0.25, 0.3) is 0 Å². The monoisotopic (exact) mass is 303 g/mol. The van der Waals surface area contributed by atoms with E-state index in [-0.39, 0.29) is 12.3 Å². The Morgan fingerprint density at radius 3 is 2.48 bits per heavy atom. The number of aryl methyl sites for hydroxylation is 2. The summed E-state index contributed by atoms with van der Waals surface area (Å²) in [7, 11) is 0. The molecular formula is C17H18ClNO2. The van der Waals surface area contributed by atoms with Crippen molar-refractivity contribution in [3.05, 3.63) is 64.2 Å². The highest BCUT2D eigenvalue weighted by Crippen LogP contribution is 2.21. The van der Waals surface area contributed by atoms with Gasteiger partial charge in [0, 0.05) is 10.7 Å². The molecule has 3 nitrogen and oxygen atoms in total. The maximum absolute atomic E-state index is 12.0. The maximum Gasteiger partial charge on any atom is 0.227 e. The Bertz CT molecular complexity index is 638. The molecule has 0 fully saturated rings. The molecule has 2 aromatic carbocycles. The molecular weight excluding hydrogens is 286 g/mol. The van der Waals surface area contributed by atoms with Gasteiger partial charge in [0.05, 0.1) is 12.5 Å². The minimum Gasteiger partial charge on any atom is -0.388 e. The minimum atomic E-state index is -0.840. The van der Waals surface area contributed by atoms with Crippen LogP contribution in [0.5, 0.6) is 0 Å². The highest BCUT2D eigenvalue weighted by Gasteiger charge is 2.13. The standard InChI is InChI=1S/C17H18ClNO2/c1-11-3-8-15(12(2)9-11)19-17(21)10-16(20)13-4-6-14(18)7-5-13/h3-9,16,20H,10H2,1-2H3,(H,19,21). The number of hydrogen-bond donors (Lipinski definition) is 2. The van der Waals surface area contributed by atoms with Gasteiger partial charge in [-0.05, 0) is 43.2 Å². The summed E-state index contributed by atoms with van der Waals surface area (Å²) in [6, 6.07) is 12.7. The third-order valence-electron chi connectivity index (χ3n) is 3.29. The predicted molar refractivity (Wildman–Crippen MR) is 85.6 cm³/mol. The van der Waals surface area contributed by atoms with E-state index >= 15 is 0 Å². The van der Waals surface area contributed by atoms with Crippen molar-refractivity contribution in [1.82, 2.24) is 0 Å². The summed E-state index contributed by atoms with van der Waals surface area (Å²) in [5.41, 5.74) is 3.60. The summed E-state index contributed by atoms with van der Waals surface area (Å²) >= 11 is 5.80. The molecule has 1 amide bonds. The molecule has 0 saturated heterocycles. The van der Waals surface area contributed by atoms with Gasteiger partial charge < -0.3 is 10.4 Å².